The van der Waals surface area contributed by atoms with Gasteiger partial charge in [-0.3, -0.25) is 9.59 Å². The summed E-state index contributed by atoms with van der Waals surface area (Å²) in [6.07, 6.45) is -0.226. The standard InChI is InChI=1S/C18H19NO4/c1-12-4-3-5-16(13(12)2)23-15-8-6-14(7-9-15)19-17(20)10-11-18(21)22/h3-9H,10-11H2,1-2H3,(H,19,20)(H,21,22). The molecule has 23 heavy (non-hydrogen) atoms. The molecule has 0 atom stereocenters. The van der Waals surface area contributed by atoms with E-state index >= 15 is 0 Å². The van der Waals surface area contributed by atoms with Gasteiger partial charge in [-0.1, -0.05) is 12.1 Å². The summed E-state index contributed by atoms with van der Waals surface area (Å²) < 4.78 is 5.84. The van der Waals surface area contributed by atoms with Crippen LogP contribution in [-0.2, 0) is 9.59 Å². The summed E-state index contributed by atoms with van der Waals surface area (Å²) in [4.78, 5) is 22.0. The molecule has 0 spiro atoms. The van der Waals surface area contributed by atoms with Crippen molar-refractivity contribution in [3.63, 3.8) is 0 Å². The first-order valence-electron chi connectivity index (χ1n) is 7.31. The van der Waals surface area contributed by atoms with Crippen molar-refractivity contribution in [3.8, 4) is 11.5 Å². The van der Waals surface area contributed by atoms with Crippen molar-refractivity contribution in [2.75, 3.05) is 5.32 Å². The number of aliphatic carboxylic acids is 1. The predicted octanol–water partition coefficient (Wildman–Crippen LogP) is 3.90. The highest BCUT2D eigenvalue weighted by molar-refractivity contribution is 5.92. The summed E-state index contributed by atoms with van der Waals surface area (Å²) in [6.45, 7) is 4.03. The molecule has 5 nitrogen and oxygen atoms in total. The van der Waals surface area contributed by atoms with Crippen LogP contribution in [0.15, 0.2) is 42.5 Å². The Kier molecular flexibility index (Phi) is 5.36. The van der Waals surface area contributed by atoms with Crippen LogP contribution < -0.4 is 10.1 Å². The molecule has 0 saturated heterocycles. The molecule has 120 valence electrons. The van der Waals surface area contributed by atoms with Crippen LogP contribution in [-0.4, -0.2) is 17.0 Å². The minimum atomic E-state index is -0.988. The molecule has 0 aliphatic rings. The molecule has 0 heterocycles. The van der Waals surface area contributed by atoms with Crippen molar-refractivity contribution in [2.45, 2.75) is 26.7 Å². The number of amides is 1. The van der Waals surface area contributed by atoms with Crippen molar-refractivity contribution in [3.05, 3.63) is 53.6 Å². The lowest BCUT2D eigenvalue weighted by atomic mass is 10.1. The molecule has 0 fully saturated rings. The number of carbonyl (C=O) groups excluding carboxylic acids is 1. The van der Waals surface area contributed by atoms with Gasteiger partial charge in [0.1, 0.15) is 11.5 Å². The smallest absolute Gasteiger partial charge is 0.303 e. The van der Waals surface area contributed by atoms with E-state index in [0.29, 0.717) is 11.4 Å². The Hall–Kier alpha value is -2.82. The van der Waals surface area contributed by atoms with E-state index in [4.69, 9.17) is 9.84 Å². The van der Waals surface area contributed by atoms with Crippen LogP contribution >= 0.6 is 0 Å². The summed E-state index contributed by atoms with van der Waals surface area (Å²) in [5.74, 6) is 0.151. The summed E-state index contributed by atoms with van der Waals surface area (Å²) in [7, 11) is 0. The van der Waals surface area contributed by atoms with E-state index in [1.807, 2.05) is 32.0 Å². The average Bonchev–Trinajstić information content (AvgIpc) is 2.52. The third-order valence-corrected chi connectivity index (χ3v) is 3.49. The van der Waals surface area contributed by atoms with Gasteiger partial charge in [-0.25, -0.2) is 0 Å². The first-order chi connectivity index (χ1) is 11.0. The second-order valence-electron chi connectivity index (χ2n) is 5.27. The largest absolute Gasteiger partial charge is 0.481 e. The molecule has 0 bridgehead atoms. The van der Waals surface area contributed by atoms with Gasteiger partial charge in [0, 0.05) is 12.1 Å². The third-order valence-electron chi connectivity index (χ3n) is 3.49. The van der Waals surface area contributed by atoms with Crippen LogP contribution in [0, 0.1) is 13.8 Å². The van der Waals surface area contributed by atoms with Crippen LogP contribution in [0.1, 0.15) is 24.0 Å². The van der Waals surface area contributed by atoms with Crippen LogP contribution in [0.4, 0.5) is 5.69 Å². The number of anilines is 1. The molecular weight excluding hydrogens is 294 g/mol. The minimum absolute atomic E-state index is 0.0456. The third kappa shape index (κ3) is 4.85. The zero-order valence-electron chi connectivity index (χ0n) is 13.1. The molecule has 2 rings (SSSR count). The van der Waals surface area contributed by atoms with Crippen LogP contribution in [0.5, 0.6) is 11.5 Å². The number of nitrogens with one attached hydrogen (secondary N) is 1. The first-order valence-corrected chi connectivity index (χ1v) is 7.31. The number of aryl methyl sites for hydroxylation is 1. The molecule has 0 aliphatic heterocycles. The second kappa shape index (κ2) is 7.45. The van der Waals surface area contributed by atoms with Gasteiger partial charge in [0.05, 0.1) is 6.42 Å². The number of carboxylic acid groups (broad SMARTS) is 1. The fraction of sp³-hybridized carbons (Fsp3) is 0.222. The zero-order chi connectivity index (χ0) is 16.8. The number of hydrogen-bond donors (Lipinski definition) is 2. The first kappa shape index (κ1) is 16.5. The average molecular weight is 313 g/mol. The lowest BCUT2D eigenvalue weighted by Crippen LogP contribution is -2.13. The molecule has 0 saturated carbocycles. The van der Waals surface area contributed by atoms with E-state index in [-0.39, 0.29) is 18.7 Å². The molecule has 0 aliphatic carbocycles. The number of benzene rings is 2. The second-order valence-corrected chi connectivity index (χ2v) is 5.27. The molecule has 1 amide bonds. The zero-order valence-corrected chi connectivity index (χ0v) is 13.1. The quantitative estimate of drug-likeness (QED) is 0.848. The van der Waals surface area contributed by atoms with Gasteiger partial charge >= 0.3 is 5.97 Å². The van der Waals surface area contributed by atoms with Crippen molar-refractivity contribution < 1.29 is 19.4 Å². The van der Waals surface area contributed by atoms with Crippen molar-refractivity contribution in [1.29, 1.82) is 0 Å². The van der Waals surface area contributed by atoms with Crippen LogP contribution in [0.3, 0.4) is 0 Å². The summed E-state index contributed by atoms with van der Waals surface area (Å²) >= 11 is 0. The topological polar surface area (TPSA) is 75.6 Å². The molecule has 0 aromatic heterocycles. The van der Waals surface area contributed by atoms with E-state index in [9.17, 15) is 9.59 Å². The summed E-state index contributed by atoms with van der Waals surface area (Å²) in [5, 5.41) is 11.2. The summed E-state index contributed by atoms with van der Waals surface area (Å²) in [6, 6.07) is 12.8. The van der Waals surface area contributed by atoms with E-state index in [1.165, 1.54) is 0 Å². The number of rotatable bonds is 6. The Bertz CT molecular complexity index is 707. The fourth-order valence-electron chi connectivity index (χ4n) is 2.01. The number of carboxylic acids is 1. The lowest BCUT2D eigenvalue weighted by molar-refractivity contribution is -0.138. The Labute approximate surface area is 134 Å². The Morgan fingerprint density at radius 3 is 2.39 bits per heavy atom. The molecular formula is C18H19NO4. The van der Waals surface area contributed by atoms with Crippen molar-refractivity contribution in [1.82, 2.24) is 0 Å². The van der Waals surface area contributed by atoms with Gasteiger partial charge in [0.2, 0.25) is 5.91 Å². The van der Waals surface area contributed by atoms with Gasteiger partial charge in [0.15, 0.2) is 0 Å². The Morgan fingerprint density at radius 2 is 1.74 bits per heavy atom. The minimum Gasteiger partial charge on any atom is -0.481 e. The van der Waals surface area contributed by atoms with E-state index in [1.54, 1.807) is 24.3 Å². The monoisotopic (exact) mass is 313 g/mol. The number of ether oxygens (including phenoxy) is 1. The summed E-state index contributed by atoms with van der Waals surface area (Å²) in [5.41, 5.74) is 2.84. The van der Waals surface area contributed by atoms with Crippen molar-refractivity contribution >= 4 is 17.6 Å². The maximum atomic E-state index is 11.6. The van der Waals surface area contributed by atoms with Gasteiger partial charge < -0.3 is 15.2 Å². The maximum absolute atomic E-state index is 11.6. The lowest BCUT2D eigenvalue weighted by Gasteiger charge is -2.11. The van der Waals surface area contributed by atoms with Gasteiger partial charge in [-0.2, -0.15) is 0 Å². The maximum Gasteiger partial charge on any atom is 0.303 e. The molecule has 0 unspecified atom stereocenters. The van der Waals surface area contributed by atoms with Crippen LogP contribution in [0.2, 0.25) is 0 Å². The Balaban J connectivity index is 1.98. The van der Waals surface area contributed by atoms with Crippen molar-refractivity contribution in [2.24, 2.45) is 0 Å². The van der Waals surface area contributed by atoms with Crippen LogP contribution in [0.25, 0.3) is 0 Å². The van der Waals surface area contributed by atoms with E-state index < -0.39 is 5.97 Å². The van der Waals surface area contributed by atoms with Gasteiger partial charge in [-0.15, -0.1) is 0 Å². The molecule has 5 heteroatoms. The van der Waals surface area contributed by atoms with E-state index in [2.05, 4.69) is 5.32 Å². The SMILES string of the molecule is Cc1cccc(Oc2ccc(NC(=O)CCC(=O)O)cc2)c1C. The van der Waals surface area contributed by atoms with Gasteiger partial charge in [0.25, 0.3) is 0 Å². The number of hydrogen-bond acceptors (Lipinski definition) is 3. The Morgan fingerprint density at radius 1 is 1.04 bits per heavy atom. The molecule has 2 aromatic rings. The number of carbonyl (C=O) groups is 2. The normalized spacial score (nSPS) is 10.2. The molecule has 0 radical (unpaired) electrons. The van der Waals surface area contributed by atoms with E-state index in [0.717, 1.165) is 16.9 Å². The highest BCUT2D eigenvalue weighted by Crippen LogP contribution is 2.27. The highest BCUT2D eigenvalue weighted by Gasteiger charge is 2.07. The molecule has 2 aromatic carbocycles. The fourth-order valence-corrected chi connectivity index (χ4v) is 2.01. The van der Waals surface area contributed by atoms with Gasteiger partial charge in [-0.05, 0) is 55.3 Å². The molecule has 2 N–H and O–H groups in total. The predicted molar refractivity (Wildman–Crippen MR) is 87.9 cm³/mol. The highest BCUT2D eigenvalue weighted by atomic mass is 16.5.